The number of rotatable bonds is 8. The monoisotopic (exact) mass is 293 g/mol. The molecular formula is C18H31NS. The van der Waals surface area contributed by atoms with Crippen molar-refractivity contribution in [1.82, 2.24) is 5.32 Å². The molecule has 0 heterocycles. The molecule has 0 aliphatic carbocycles. The standard InChI is InChI=1S/C18H31NS/c1-7-13(3)11-20-12-17(19-8-2)18-15(5)9-14(4)10-16(18)6/h9-10,13,17,19H,7-8,11-12H2,1-6H3. The van der Waals surface area contributed by atoms with Gasteiger partial charge in [0.05, 0.1) is 0 Å². The molecule has 0 amide bonds. The Morgan fingerprint density at radius 3 is 2.15 bits per heavy atom. The summed E-state index contributed by atoms with van der Waals surface area (Å²) < 4.78 is 0. The van der Waals surface area contributed by atoms with Crippen LogP contribution in [0.2, 0.25) is 0 Å². The summed E-state index contributed by atoms with van der Waals surface area (Å²) in [6.07, 6.45) is 1.28. The minimum absolute atomic E-state index is 0.481. The maximum Gasteiger partial charge on any atom is 0.0417 e. The average Bonchev–Trinajstić information content (AvgIpc) is 2.37. The van der Waals surface area contributed by atoms with Gasteiger partial charge in [0, 0.05) is 11.8 Å². The van der Waals surface area contributed by atoms with Crippen molar-refractivity contribution in [3.05, 3.63) is 34.4 Å². The third kappa shape index (κ3) is 5.14. The van der Waals surface area contributed by atoms with Crippen LogP contribution in [-0.4, -0.2) is 18.1 Å². The Kier molecular flexibility index (Phi) is 7.68. The zero-order chi connectivity index (χ0) is 15.1. The highest BCUT2D eigenvalue weighted by molar-refractivity contribution is 7.99. The van der Waals surface area contributed by atoms with Crippen molar-refractivity contribution in [1.29, 1.82) is 0 Å². The van der Waals surface area contributed by atoms with Crippen LogP contribution in [-0.2, 0) is 0 Å². The minimum Gasteiger partial charge on any atom is -0.309 e. The van der Waals surface area contributed by atoms with E-state index in [2.05, 4.69) is 70.8 Å². The largest absolute Gasteiger partial charge is 0.309 e. The van der Waals surface area contributed by atoms with Crippen LogP contribution in [0.1, 0.15) is 55.5 Å². The Balaban J connectivity index is 2.80. The van der Waals surface area contributed by atoms with Crippen molar-refractivity contribution in [2.24, 2.45) is 5.92 Å². The Morgan fingerprint density at radius 2 is 1.65 bits per heavy atom. The second kappa shape index (κ2) is 8.74. The predicted octanol–water partition coefficient (Wildman–Crippen LogP) is 5.04. The van der Waals surface area contributed by atoms with Crippen LogP contribution in [0.3, 0.4) is 0 Å². The van der Waals surface area contributed by atoms with E-state index in [4.69, 9.17) is 0 Å². The van der Waals surface area contributed by atoms with Crippen molar-refractivity contribution in [2.45, 2.75) is 54.0 Å². The van der Waals surface area contributed by atoms with Gasteiger partial charge in [0.1, 0.15) is 0 Å². The quantitative estimate of drug-likeness (QED) is 0.720. The van der Waals surface area contributed by atoms with Gasteiger partial charge in [-0.3, -0.25) is 0 Å². The fourth-order valence-corrected chi connectivity index (χ4v) is 4.03. The van der Waals surface area contributed by atoms with Gasteiger partial charge in [0.25, 0.3) is 0 Å². The molecule has 0 aromatic heterocycles. The maximum atomic E-state index is 3.67. The molecule has 0 bridgehead atoms. The molecule has 0 radical (unpaired) electrons. The summed E-state index contributed by atoms with van der Waals surface area (Å²) in [5.41, 5.74) is 5.73. The van der Waals surface area contributed by atoms with E-state index in [-0.39, 0.29) is 0 Å². The fourth-order valence-electron chi connectivity index (χ4n) is 2.74. The van der Waals surface area contributed by atoms with Crippen molar-refractivity contribution in [2.75, 3.05) is 18.1 Å². The molecule has 0 saturated heterocycles. The third-order valence-corrected chi connectivity index (χ3v) is 5.29. The van der Waals surface area contributed by atoms with E-state index < -0.39 is 0 Å². The second-order valence-corrected chi connectivity index (χ2v) is 7.05. The van der Waals surface area contributed by atoms with E-state index in [1.165, 1.54) is 40.2 Å². The lowest BCUT2D eigenvalue weighted by atomic mass is 9.95. The molecule has 0 spiro atoms. The summed E-state index contributed by atoms with van der Waals surface area (Å²) in [5.74, 6) is 3.26. The first-order valence-corrected chi connectivity index (χ1v) is 9.03. The predicted molar refractivity (Wildman–Crippen MR) is 93.9 cm³/mol. The van der Waals surface area contributed by atoms with Crippen molar-refractivity contribution >= 4 is 11.8 Å². The lowest BCUT2D eigenvalue weighted by Gasteiger charge is -2.23. The van der Waals surface area contributed by atoms with Gasteiger partial charge in [-0.05, 0) is 55.7 Å². The van der Waals surface area contributed by atoms with E-state index in [1.807, 2.05) is 0 Å². The molecule has 1 N–H and O–H groups in total. The molecule has 0 saturated carbocycles. The molecule has 0 aliphatic rings. The lowest BCUT2D eigenvalue weighted by molar-refractivity contribution is 0.596. The highest BCUT2D eigenvalue weighted by Gasteiger charge is 2.16. The first kappa shape index (κ1) is 17.6. The fraction of sp³-hybridized carbons (Fsp3) is 0.667. The van der Waals surface area contributed by atoms with Crippen LogP contribution in [0.15, 0.2) is 12.1 Å². The molecule has 2 atom stereocenters. The van der Waals surface area contributed by atoms with E-state index >= 15 is 0 Å². The Hall–Kier alpha value is -0.470. The first-order valence-electron chi connectivity index (χ1n) is 7.88. The number of hydrogen-bond acceptors (Lipinski definition) is 2. The van der Waals surface area contributed by atoms with Crippen LogP contribution in [0.5, 0.6) is 0 Å². The highest BCUT2D eigenvalue weighted by Crippen LogP contribution is 2.27. The number of hydrogen-bond donors (Lipinski definition) is 1. The van der Waals surface area contributed by atoms with Crippen molar-refractivity contribution in [3.63, 3.8) is 0 Å². The van der Waals surface area contributed by atoms with E-state index in [0.29, 0.717) is 6.04 Å². The summed E-state index contributed by atoms with van der Waals surface area (Å²) >= 11 is 2.09. The van der Waals surface area contributed by atoms with E-state index in [0.717, 1.165) is 12.5 Å². The average molecular weight is 294 g/mol. The molecule has 20 heavy (non-hydrogen) atoms. The second-order valence-electron chi connectivity index (χ2n) is 5.97. The van der Waals surface area contributed by atoms with Crippen molar-refractivity contribution in [3.8, 4) is 0 Å². The molecule has 1 nitrogen and oxygen atoms in total. The summed E-state index contributed by atoms with van der Waals surface area (Å²) in [6, 6.07) is 5.10. The zero-order valence-corrected chi connectivity index (χ0v) is 14.9. The first-order chi connectivity index (χ1) is 9.49. The molecule has 1 rings (SSSR count). The van der Waals surface area contributed by atoms with Gasteiger partial charge in [-0.15, -0.1) is 0 Å². The van der Waals surface area contributed by atoms with Gasteiger partial charge >= 0.3 is 0 Å². The molecule has 1 aromatic rings. The zero-order valence-electron chi connectivity index (χ0n) is 14.0. The Labute approximate surface area is 129 Å². The molecule has 2 unspecified atom stereocenters. The van der Waals surface area contributed by atoms with Gasteiger partial charge in [-0.2, -0.15) is 11.8 Å². The molecule has 1 aromatic carbocycles. The number of benzene rings is 1. The number of nitrogens with one attached hydrogen (secondary N) is 1. The van der Waals surface area contributed by atoms with Crippen LogP contribution >= 0.6 is 11.8 Å². The molecular weight excluding hydrogens is 262 g/mol. The lowest BCUT2D eigenvalue weighted by Crippen LogP contribution is -2.25. The normalized spacial score (nSPS) is 14.3. The number of aryl methyl sites for hydroxylation is 3. The van der Waals surface area contributed by atoms with Crippen molar-refractivity contribution < 1.29 is 0 Å². The van der Waals surface area contributed by atoms with E-state index in [9.17, 15) is 0 Å². The summed E-state index contributed by atoms with van der Waals surface area (Å²) in [7, 11) is 0. The Morgan fingerprint density at radius 1 is 1.05 bits per heavy atom. The van der Waals surface area contributed by atoms with Crippen LogP contribution < -0.4 is 5.32 Å². The molecule has 114 valence electrons. The smallest absolute Gasteiger partial charge is 0.0417 e. The van der Waals surface area contributed by atoms with E-state index in [1.54, 1.807) is 0 Å². The van der Waals surface area contributed by atoms with Gasteiger partial charge in [-0.25, -0.2) is 0 Å². The van der Waals surface area contributed by atoms with Gasteiger partial charge in [0.15, 0.2) is 0 Å². The summed E-state index contributed by atoms with van der Waals surface area (Å²) in [6.45, 7) is 14.5. The molecule has 0 aliphatic heterocycles. The highest BCUT2D eigenvalue weighted by atomic mass is 32.2. The topological polar surface area (TPSA) is 12.0 Å². The number of thioether (sulfide) groups is 1. The molecule has 2 heteroatoms. The maximum absolute atomic E-state index is 3.67. The minimum atomic E-state index is 0.481. The van der Waals surface area contributed by atoms with Crippen LogP contribution in [0, 0.1) is 26.7 Å². The SMILES string of the molecule is CCNC(CSCC(C)CC)c1c(C)cc(C)cc1C. The molecule has 0 fully saturated rings. The summed E-state index contributed by atoms with van der Waals surface area (Å²) in [4.78, 5) is 0. The van der Waals surface area contributed by atoms with Gasteiger partial charge in [0.2, 0.25) is 0 Å². The van der Waals surface area contributed by atoms with Gasteiger partial charge in [-0.1, -0.05) is 44.9 Å². The van der Waals surface area contributed by atoms with Crippen LogP contribution in [0.25, 0.3) is 0 Å². The third-order valence-electron chi connectivity index (χ3n) is 3.92. The summed E-state index contributed by atoms with van der Waals surface area (Å²) in [5, 5.41) is 3.67. The van der Waals surface area contributed by atoms with Gasteiger partial charge < -0.3 is 5.32 Å². The van der Waals surface area contributed by atoms with Crippen LogP contribution in [0.4, 0.5) is 0 Å². The Bertz CT molecular complexity index is 391.